The predicted octanol–water partition coefficient (Wildman–Crippen LogP) is 3.89. The first kappa shape index (κ1) is 10.0. The second-order valence-corrected chi connectivity index (χ2v) is 3.52. The smallest absolute Gasteiger partial charge is 0.00781 e. The van der Waals surface area contributed by atoms with Crippen molar-refractivity contribution in [2.75, 3.05) is 0 Å². The van der Waals surface area contributed by atoms with E-state index in [1.54, 1.807) is 0 Å². The van der Waals surface area contributed by atoms with Gasteiger partial charge in [-0.05, 0) is 23.5 Å². The normalized spacial score (nSPS) is 27.5. The molecule has 0 heterocycles. The molecule has 2 unspecified atom stereocenters. The van der Waals surface area contributed by atoms with Crippen molar-refractivity contribution in [3.63, 3.8) is 0 Å². The summed E-state index contributed by atoms with van der Waals surface area (Å²) < 4.78 is 0. The Hall–Kier alpha value is -1.04. The zero-order valence-electron chi connectivity index (χ0n) is 8.59. The van der Waals surface area contributed by atoms with Crippen molar-refractivity contribution in [1.29, 1.82) is 0 Å². The molecule has 0 amide bonds. The summed E-state index contributed by atoms with van der Waals surface area (Å²) >= 11 is 0. The van der Waals surface area contributed by atoms with Gasteiger partial charge in [-0.3, -0.25) is 0 Å². The number of allylic oxidation sites excluding steroid dienone is 6. The van der Waals surface area contributed by atoms with Gasteiger partial charge in [-0.2, -0.15) is 0 Å². The zero-order chi connectivity index (χ0) is 9.84. The van der Waals surface area contributed by atoms with Gasteiger partial charge in [0.05, 0.1) is 0 Å². The molecule has 1 aliphatic rings. The maximum atomic E-state index is 3.89. The Kier molecular flexibility index (Phi) is 3.30. The van der Waals surface area contributed by atoms with Crippen molar-refractivity contribution >= 4 is 0 Å². The van der Waals surface area contributed by atoms with Crippen LogP contribution in [0.25, 0.3) is 0 Å². The molecule has 0 fully saturated rings. The zero-order valence-corrected chi connectivity index (χ0v) is 8.59. The van der Waals surface area contributed by atoms with E-state index >= 15 is 0 Å². The van der Waals surface area contributed by atoms with E-state index in [4.69, 9.17) is 0 Å². The lowest BCUT2D eigenvalue weighted by molar-refractivity contribution is 0.578. The SMILES string of the molecule is C=CC1=C(CC)C=CC(C)C1C=C. The largest absolute Gasteiger partial charge is 0.102 e. The van der Waals surface area contributed by atoms with Crippen LogP contribution in [0.4, 0.5) is 0 Å². The summed E-state index contributed by atoms with van der Waals surface area (Å²) in [5.74, 6) is 1.01. The predicted molar refractivity (Wildman–Crippen MR) is 59.5 cm³/mol. The molecule has 13 heavy (non-hydrogen) atoms. The van der Waals surface area contributed by atoms with E-state index < -0.39 is 0 Å². The summed E-state index contributed by atoms with van der Waals surface area (Å²) in [6.45, 7) is 12.2. The number of rotatable bonds is 3. The molecule has 0 heteroatoms. The van der Waals surface area contributed by atoms with E-state index in [-0.39, 0.29) is 0 Å². The highest BCUT2D eigenvalue weighted by Gasteiger charge is 2.19. The van der Waals surface area contributed by atoms with Crippen molar-refractivity contribution < 1.29 is 0 Å². The van der Waals surface area contributed by atoms with Gasteiger partial charge >= 0.3 is 0 Å². The molecule has 0 aromatic carbocycles. The summed E-state index contributed by atoms with van der Waals surface area (Å²) in [6, 6.07) is 0. The molecule has 0 N–H and O–H groups in total. The molecule has 2 atom stereocenters. The second kappa shape index (κ2) is 4.27. The van der Waals surface area contributed by atoms with Gasteiger partial charge in [0.25, 0.3) is 0 Å². The first-order valence-corrected chi connectivity index (χ1v) is 4.90. The molecular weight excluding hydrogens is 156 g/mol. The summed E-state index contributed by atoms with van der Waals surface area (Å²) in [6.07, 6.45) is 9.57. The third kappa shape index (κ3) is 1.82. The molecule has 0 aliphatic heterocycles. The first-order valence-electron chi connectivity index (χ1n) is 4.90. The van der Waals surface area contributed by atoms with E-state index in [1.165, 1.54) is 11.1 Å². The highest BCUT2D eigenvalue weighted by Crippen LogP contribution is 2.32. The highest BCUT2D eigenvalue weighted by molar-refractivity contribution is 5.40. The fourth-order valence-corrected chi connectivity index (χ4v) is 1.91. The molecule has 0 aromatic heterocycles. The minimum Gasteiger partial charge on any atom is -0.102 e. The lowest BCUT2D eigenvalue weighted by atomic mass is 9.79. The average Bonchev–Trinajstić information content (AvgIpc) is 2.17. The van der Waals surface area contributed by atoms with Crippen LogP contribution in [0.1, 0.15) is 20.3 Å². The van der Waals surface area contributed by atoms with Crippen LogP contribution in [0.15, 0.2) is 48.6 Å². The minimum atomic E-state index is 0.456. The van der Waals surface area contributed by atoms with E-state index in [0.717, 1.165) is 6.42 Å². The molecule has 1 rings (SSSR count). The lowest BCUT2D eigenvalue weighted by Gasteiger charge is -2.25. The molecule has 0 saturated carbocycles. The van der Waals surface area contributed by atoms with E-state index in [0.29, 0.717) is 11.8 Å². The topological polar surface area (TPSA) is 0 Å². The molecule has 0 radical (unpaired) electrons. The van der Waals surface area contributed by atoms with E-state index in [9.17, 15) is 0 Å². The molecule has 70 valence electrons. The summed E-state index contributed by atoms with van der Waals surface area (Å²) in [4.78, 5) is 0. The standard InChI is InChI=1S/C13H18/c1-5-11-9-8-10(4)12(6-2)13(11)7-3/h6-10,12H,2-3,5H2,1,4H3. The van der Waals surface area contributed by atoms with E-state index in [1.807, 2.05) is 12.2 Å². The van der Waals surface area contributed by atoms with Crippen LogP contribution < -0.4 is 0 Å². The quantitative estimate of drug-likeness (QED) is 0.569. The summed E-state index contributed by atoms with van der Waals surface area (Å²) in [5.41, 5.74) is 2.76. The molecule has 0 saturated heterocycles. The minimum absolute atomic E-state index is 0.456. The Morgan fingerprint density at radius 3 is 2.62 bits per heavy atom. The first-order chi connectivity index (χ1) is 6.24. The van der Waals surface area contributed by atoms with Crippen molar-refractivity contribution in [3.05, 3.63) is 48.6 Å². The summed E-state index contributed by atoms with van der Waals surface area (Å²) in [5, 5.41) is 0. The Balaban J connectivity index is 3.08. The van der Waals surface area contributed by atoms with Crippen LogP contribution in [0.5, 0.6) is 0 Å². The van der Waals surface area contributed by atoms with Crippen LogP contribution >= 0.6 is 0 Å². The molecule has 0 spiro atoms. The van der Waals surface area contributed by atoms with Gasteiger partial charge in [0.15, 0.2) is 0 Å². The maximum Gasteiger partial charge on any atom is 0.00781 e. The highest BCUT2D eigenvalue weighted by atomic mass is 14.2. The van der Waals surface area contributed by atoms with Gasteiger partial charge < -0.3 is 0 Å². The van der Waals surface area contributed by atoms with Gasteiger partial charge in [0.1, 0.15) is 0 Å². The Morgan fingerprint density at radius 1 is 1.46 bits per heavy atom. The molecule has 0 aromatic rings. The Morgan fingerprint density at radius 2 is 2.15 bits per heavy atom. The monoisotopic (exact) mass is 174 g/mol. The average molecular weight is 174 g/mol. The van der Waals surface area contributed by atoms with Crippen molar-refractivity contribution in [1.82, 2.24) is 0 Å². The fourth-order valence-electron chi connectivity index (χ4n) is 1.91. The molecule has 0 bridgehead atoms. The Bertz CT molecular complexity index is 266. The fraction of sp³-hybridized carbons (Fsp3) is 0.385. The van der Waals surface area contributed by atoms with E-state index in [2.05, 4.69) is 39.2 Å². The van der Waals surface area contributed by atoms with Crippen LogP contribution in [-0.2, 0) is 0 Å². The van der Waals surface area contributed by atoms with Gasteiger partial charge in [0.2, 0.25) is 0 Å². The maximum absolute atomic E-state index is 3.89. The van der Waals surface area contributed by atoms with Crippen LogP contribution in [0.2, 0.25) is 0 Å². The number of hydrogen-bond acceptors (Lipinski definition) is 0. The third-order valence-electron chi connectivity index (χ3n) is 2.75. The molecule has 1 aliphatic carbocycles. The summed E-state index contributed by atoms with van der Waals surface area (Å²) in [7, 11) is 0. The Labute approximate surface area is 81.4 Å². The van der Waals surface area contributed by atoms with Crippen molar-refractivity contribution in [2.24, 2.45) is 11.8 Å². The molecular formula is C13H18. The van der Waals surface area contributed by atoms with Crippen LogP contribution in [0.3, 0.4) is 0 Å². The third-order valence-corrected chi connectivity index (χ3v) is 2.75. The van der Waals surface area contributed by atoms with Crippen LogP contribution in [0, 0.1) is 11.8 Å². The van der Waals surface area contributed by atoms with Crippen molar-refractivity contribution in [2.45, 2.75) is 20.3 Å². The van der Waals surface area contributed by atoms with Gasteiger partial charge in [-0.25, -0.2) is 0 Å². The van der Waals surface area contributed by atoms with Gasteiger partial charge in [-0.15, -0.1) is 6.58 Å². The number of hydrogen-bond donors (Lipinski definition) is 0. The lowest BCUT2D eigenvalue weighted by Crippen LogP contribution is -2.13. The van der Waals surface area contributed by atoms with Gasteiger partial charge in [0, 0.05) is 5.92 Å². The molecule has 0 nitrogen and oxygen atoms in total. The second-order valence-electron chi connectivity index (χ2n) is 3.52. The van der Waals surface area contributed by atoms with Gasteiger partial charge in [-0.1, -0.05) is 44.7 Å². The van der Waals surface area contributed by atoms with Crippen molar-refractivity contribution in [3.8, 4) is 0 Å². The van der Waals surface area contributed by atoms with Crippen LogP contribution in [-0.4, -0.2) is 0 Å².